The number of allylic oxidation sites excluding steroid dienone is 2. The van der Waals surface area contributed by atoms with Crippen molar-refractivity contribution in [2.24, 2.45) is 11.7 Å². The van der Waals surface area contributed by atoms with Crippen LogP contribution in [0, 0.1) is 28.6 Å². The second kappa shape index (κ2) is 6.32. The molecule has 2 rings (SSSR count). The van der Waals surface area contributed by atoms with Gasteiger partial charge in [0.25, 0.3) is 0 Å². The molecule has 0 bridgehead atoms. The van der Waals surface area contributed by atoms with Crippen molar-refractivity contribution in [1.29, 1.82) is 10.5 Å². The first kappa shape index (κ1) is 16.2. The lowest BCUT2D eigenvalue weighted by atomic mass is 9.72. The summed E-state index contributed by atoms with van der Waals surface area (Å²) in [6.07, 6.45) is 0.975. The largest absolute Gasteiger partial charge is 0.324 e. The maximum atomic E-state index is 15.3. The van der Waals surface area contributed by atoms with Crippen LogP contribution < -0.4 is 5.73 Å². The topological polar surface area (TPSA) is 73.6 Å². The molecule has 1 aliphatic rings. The minimum Gasteiger partial charge on any atom is -0.324 e. The lowest BCUT2D eigenvalue weighted by Gasteiger charge is -2.35. The zero-order valence-corrected chi connectivity index (χ0v) is 12.8. The van der Waals surface area contributed by atoms with Crippen molar-refractivity contribution in [2.45, 2.75) is 25.1 Å². The SMILES string of the molecule is CC(N)C1=C(c2ccccc2)C(C#N)C(F)(CC#N)C(Cl)=C1. The number of rotatable bonds is 3. The summed E-state index contributed by atoms with van der Waals surface area (Å²) >= 11 is 6.06. The number of nitrogens with zero attached hydrogens (tertiary/aromatic N) is 2. The maximum Gasteiger partial charge on any atom is 0.179 e. The summed E-state index contributed by atoms with van der Waals surface area (Å²) < 4.78 is 15.3. The Kier molecular flexibility index (Phi) is 4.66. The fraction of sp³-hybridized carbons (Fsp3) is 0.294. The molecule has 0 saturated heterocycles. The molecule has 0 radical (unpaired) electrons. The van der Waals surface area contributed by atoms with Crippen molar-refractivity contribution >= 4 is 17.2 Å². The summed E-state index contributed by atoms with van der Waals surface area (Å²) in [6.45, 7) is 1.75. The van der Waals surface area contributed by atoms with Crippen LogP contribution in [0.15, 0.2) is 47.0 Å². The monoisotopic (exact) mass is 315 g/mol. The smallest absolute Gasteiger partial charge is 0.179 e. The van der Waals surface area contributed by atoms with E-state index in [9.17, 15) is 5.26 Å². The van der Waals surface area contributed by atoms with Gasteiger partial charge in [0.1, 0.15) is 5.92 Å². The van der Waals surface area contributed by atoms with E-state index in [4.69, 9.17) is 22.6 Å². The second-order valence-corrected chi connectivity index (χ2v) is 5.68. The van der Waals surface area contributed by atoms with E-state index in [1.807, 2.05) is 12.1 Å². The minimum absolute atomic E-state index is 0.146. The summed E-state index contributed by atoms with van der Waals surface area (Å²) in [5.74, 6) is -1.17. The third-order valence-corrected chi connectivity index (χ3v) is 4.20. The van der Waals surface area contributed by atoms with Crippen LogP contribution in [-0.4, -0.2) is 11.7 Å². The first-order valence-electron chi connectivity index (χ1n) is 6.84. The molecule has 0 aliphatic heterocycles. The fourth-order valence-electron chi connectivity index (χ4n) is 2.66. The van der Waals surface area contributed by atoms with Gasteiger partial charge in [-0.3, -0.25) is 0 Å². The minimum atomic E-state index is -2.21. The van der Waals surface area contributed by atoms with E-state index in [1.54, 1.807) is 37.3 Å². The maximum absolute atomic E-state index is 15.3. The molecule has 0 amide bonds. The molecule has 0 aromatic heterocycles. The van der Waals surface area contributed by atoms with Crippen LogP contribution in [0.1, 0.15) is 18.9 Å². The van der Waals surface area contributed by atoms with Crippen LogP contribution in [0.4, 0.5) is 4.39 Å². The van der Waals surface area contributed by atoms with Gasteiger partial charge in [-0.25, -0.2) is 4.39 Å². The number of nitriles is 2. The van der Waals surface area contributed by atoms with E-state index in [1.165, 1.54) is 6.08 Å². The Morgan fingerprint density at radius 1 is 1.36 bits per heavy atom. The Labute approximate surface area is 134 Å². The highest BCUT2D eigenvalue weighted by atomic mass is 35.5. The van der Waals surface area contributed by atoms with Crippen LogP contribution >= 0.6 is 11.6 Å². The lowest BCUT2D eigenvalue weighted by molar-refractivity contribution is 0.197. The van der Waals surface area contributed by atoms with Crippen molar-refractivity contribution in [2.75, 3.05) is 0 Å². The number of nitrogens with two attached hydrogens (primary N) is 1. The normalized spacial score (nSPS) is 25.9. The molecule has 1 aromatic carbocycles. The zero-order valence-electron chi connectivity index (χ0n) is 12.1. The number of halogens is 2. The van der Waals surface area contributed by atoms with E-state index < -0.39 is 24.0 Å². The fourth-order valence-corrected chi connectivity index (χ4v) is 2.96. The van der Waals surface area contributed by atoms with Crippen molar-refractivity contribution in [3.05, 3.63) is 52.6 Å². The first-order valence-corrected chi connectivity index (χ1v) is 7.21. The third kappa shape index (κ3) is 2.64. The van der Waals surface area contributed by atoms with Crippen LogP contribution in [0.3, 0.4) is 0 Å². The molecule has 5 heteroatoms. The summed E-state index contributed by atoms with van der Waals surface area (Å²) in [4.78, 5) is 0. The molecular weight excluding hydrogens is 301 g/mol. The van der Waals surface area contributed by atoms with E-state index >= 15 is 4.39 Å². The van der Waals surface area contributed by atoms with Gasteiger partial charge in [-0.2, -0.15) is 10.5 Å². The Morgan fingerprint density at radius 2 is 2.00 bits per heavy atom. The molecule has 0 spiro atoms. The van der Waals surface area contributed by atoms with Crippen LogP contribution in [0.25, 0.3) is 5.57 Å². The van der Waals surface area contributed by atoms with E-state index in [-0.39, 0.29) is 5.03 Å². The molecule has 112 valence electrons. The van der Waals surface area contributed by atoms with Gasteiger partial charge in [0, 0.05) is 6.04 Å². The Morgan fingerprint density at radius 3 is 2.50 bits per heavy atom. The molecule has 22 heavy (non-hydrogen) atoms. The summed E-state index contributed by atoms with van der Waals surface area (Å²) in [5, 5.41) is 18.3. The second-order valence-electron chi connectivity index (χ2n) is 5.28. The van der Waals surface area contributed by atoms with Gasteiger partial charge in [-0.05, 0) is 29.7 Å². The average Bonchev–Trinajstić information content (AvgIpc) is 2.50. The predicted molar refractivity (Wildman–Crippen MR) is 84.1 cm³/mol. The van der Waals surface area contributed by atoms with Crippen LogP contribution in [0.2, 0.25) is 0 Å². The summed E-state index contributed by atoms with van der Waals surface area (Å²) in [6, 6.07) is 12.4. The molecule has 3 nitrogen and oxygen atoms in total. The Bertz CT molecular complexity index is 710. The van der Waals surface area contributed by atoms with E-state index in [0.717, 1.165) is 0 Å². The van der Waals surface area contributed by atoms with Gasteiger partial charge in [0.05, 0.1) is 23.6 Å². The summed E-state index contributed by atoms with van der Waals surface area (Å²) in [7, 11) is 0. The molecule has 0 fully saturated rings. The van der Waals surface area contributed by atoms with E-state index in [0.29, 0.717) is 16.7 Å². The van der Waals surface area contributed by atoms with Gasteiger partial charge in [-0.1, -0.05) is 41.9 Å². The van der Waals surface area contributed by atoms with Crippen molar-refractivity contribution in [3.8, 4) is 12.1 Å². The van der Waals surface area contributed by atoms with Gasteiger partial charge >= 0.3 is 0 Å². The molecule has 0 saturated carbocycles. The number of hydrogen-bond acceptors (Lipinski definition) is 3. The quantitative estimate of drug-likeness (QED) is 0.924. The Hall–Kier alpha value is -2.14. The van der Waals surface area contributed by atoms with Gasteiger partial charge in [0.2, 0.25) is 0 Å². The van der Waals surface area contributed by atoms with Crippen molar-refractivity contribution in [3.63, 3.8) is 0 Å². The highest BCUT2D eigenvalue weighted by Crippen LogP contribution is 2.48. The molecule has 3 unspecified atom stereocenters. The van der Waals surface area contributed by atoms with Crippen LogP contribution in [0.5, 0.6) is 0 Å². The zero-order chi connectivity index (χ0) is 16.3. The molecule has 1 aromatic rings. The number of benzene rings is 1. The average molecular weight is 316 g/mol. The molecule has 1 aliphatic carbocycles. The highest BCUT2D eigenvalue weighted by Gasteiger charge is 2.48. The molecule has 0 heterocycles. The first-order chi connectivity index (χ1) is 10.5. The number of hydrogen-bond donors (Lipinski definition) is 1. The van der Waals surface area contributed by atoms with Gasteiger partial charge in [-0.15, -0.1) is 0 Å². The van der Waals surface area contributed by atoms with Gasteiger partial charge in [0.15, 0.2) is 5.67 Å². The standard InChI is InChI=1S/C17H15ClFN3/c1-11(22)13-9-15(18)17(19,7-8-20)14(10-21)16(13)12-5-3-2-4-6-12/h2-6,9,11,14H,7,22H2,1H3. The van der Waals surface area contributed by atoms with Crippen molar-refractivity contribution in [1.82, 2.24) is 0 Å². The lowest BCUT2D eigenvalue weighted by Crippen LogP contribution is -2.38. The molecule has 2 N–H and O–H groups in total. The van der Waals surface area contributed by atoms with E-state index in [2.05, 4.69) is 0 Å². The number of alkyl halides is 1. The highest BCUT2D eigenvalue weighted by molar-refractivity contribution is 6.31. The Balaban J connectivity index is 2.74. The molecule has 3 atom stereocenters. The van der Waals surface area contributed by atoms with Crippen molar-refractivity contribution < 1.29 is 4.39 Å². The third-order valence-electron chi connectivity index (χ3n) is 3.78. The molecular formula is C17H15ClFN3. The van der Waals surface area contributed by atoms with Crippen LogP contribution in [-0.2, 0) is 0 Å². The summed E-state index contributed by atoms with van der Waals surface area (Å²) in [5.41, 5.74) is 5.59. The van der Waals surface area contributed by atoms with Gasteiger partial charge < -0.3 is 5.73 Å². The predicted octanol–water partition coefficient (Wildman–Crippen LogP) is 3.69.